The van der Waals surface area contributed by atoms with E-state index in [0.717, 1.165) is 11.3 Å². The quantitative estimate of drug-likeness (QED) is 0.914. The monoisotopic (exact) mass is 314 g/mol. The van der Waals surface area contributed by atoms with Crippen molar-refractivity contribution in [1.82, 2.24) is 20.3 Å². The predicted molar refractivity (Wildman–Crippen MR) is 90.0 cm³/mol. The van der Waals surface area contributed by atoms with Crippen LogP contribution in [0.3, 0.4) is 0 Å². The topological polar surface area (TPSA) is 63.0 Å². The summed E-state index contributed by atoms with van der Waals surface area (Å²) in [6, 6.07) is 8.62. The number of benzene rings is 1. The maximum absolute atomic E-state index is 11.3. The van der Waals surface area contributed by atoms with Gasteiger partial charge in [-0.2, -0.15) is 0 Å². The summed E-state index contributed by atoms with van der Waals surface area (Å²) in [7, 11) is 1.86. The molecule has 2 aromatic rings. The van der Waals surface area contributed by atoms with Crippen LogP contribution in [0, 0.1) is 0 Å². The average Bonchev–Trinajstić information content (AvgIpc) is 2.93. The normalized spacial score (nSPS) is 28.3. The fourth-order valence-corrected chi connectivity index (χ4v) is 3.52. The van der Waals surface area contributed by atoms with Crippen molar-refractivity contribution in [1.29, 1.82) is 0 Å². The molecule has 1 aromatic carbocycles. The molecule has 0 spiro atoms. The van der Waals surface area contributed by atoms with Crippen molar-refractivity contribution < 1.29 is 5.11 Å². The molecule has 2 N–H and O–H groups in total. The van der Waals surface area contributed by atoms with E-state index >= 15 is 0 Å². The van der Waals surface area contributed by atoms with Crippen LogP contribution in [0.2, 0.25) is 0 Å². The summed E-state index contributed by atoms with van der Waals surface area (Å²) in [4.78, 5) is 0. The molecule has 2 heterocycles. The van der Waals surface area contributed by atoms with Gasteiger partial charge in [0.15, 0.2) is 0 Å². The molecule has 0 bridgehead atoms. The van der Waals surface area contributed by atoms with E-state index in [1.165, 1.54) is 5.56 Å². The lowest BCUT2D eigenvalue weighted by atomic mass is 9.78. The van der Waals surface area contributed by atoms with Crippen LogP contribution < -0.4 is 5.32 Å². The van der Waals surface area contributed by atoms with Crippen molar-refractivity contribution >= 4 is 0 Å². The highest BCUT2D eigenvalue weighted by Gasteiger charge is 2.40. The second-order valence-corrected chi connectivity index (χ2v) is 7.15. The smallest absolute Gasteiger partial charge is 0.0997 e. The molecule has 23 heavy (non-hydrogen) atoms. The van der Waals surface area contributed by atoms with Crippen molar-refractivity contribution in [3.8, 4) is 0 Å². The second kappa shape index (κ2) is 6.06. The number of rotatable bonds is 3. The van der Waals surface area contributed by atoms with Crippen molar-refractivity contribution in [2.24, 2.45) is 7.05 Å². The number of aryl methyl sites for hydroxylation is 1. The average molecular weight is 314 g/mol. The minimum atomic E-state index is -0.831. The lowest BCUT2D eigenvalue weighted by molar-refractivity contribution is -0.0235. The highest BCUT2D eigenvalue weighted by molar-refractivity contribution is 5.30. The number of piperidine rings is 1. The first-order chi connectivity index (χ1) is 10.9. The van der Waals surface area contributed by atoms with E-state index in [2.05, 4.69) is 60.7 Å². The van der Waals surface area contributed by atoms with Gasteiger partial charge in [-0.15, -0.1) is 5.10 Å². The van der Waals surface area contributed by atoms with Crippen molar-refractivity contribution in [3.63, 3.8) is 0 Å². The number of hydrogen-bond donors (Lipinski definition) is 2. The number of hydrogen-bond acceptors (Lipinski definition) is 4. The third-order valence-electron chi connectivity index (χ3n) is 4.76. The molecule has 0 amide bonds. The molecule has 124 valence electrons. The Hall–Kier alpha value is -1.72. The van der Waals surface area contributed by atoms with Gasteiger partial charge in [-0.05, 0) is 30.4 Å². The van der Waals surface area contributed by atoms with Gasteiger partial charge in [0.05, 0.1) is 17.3 Å². The van der Waals surface area contributed by atoms with Gasteiger partial charge in [0.25, 0.3) is 0 Å². The molecule has 1 aliphatic rings. The van der Waals surface area contributed by atoms with Gasteiger partial charge in [-0.1, -0.05) is 43.3 Å². The van der Waals surface area contributed by atoms with Gasteiger partial charge < -0.3 is 10.4 Å². The van der Waals surface area contributed by atoms with E-state index in [-0.39, 0.29) is 12.1 Å². The van der Waals surface area contributed by atoms with Gasteiger partial charge >= 0.3 is 0 Å². The van der Waals surface area contributed by atoms with Gasteiger partial charge in [0.2, 0.25) is 0 Å². The minimum Gasteiger partial charge on any atom is -0.385 e. The first-order valence-corrected chi connectivity index (χ1v) is 8.32. The Morgan fingerprint density at radius 1 is 1.26 bits per heavy atom. The Morgan fingerprint density at radius 3 is 2.52 bits per heavy atom. The van der Waals surface area contributed by atoms with Crippen LogP contribution in [0.1, 0.15) is 62.4 Å². The van der Waals surface area contributed by atoms with Crippen molar-refractivity contribution in [2.45, 2.75) is 57.2 Å². The van der Waals surface area contributed by atoms with Crippen LogP contribution in [0.4, 0.5) is 0 Å². The van der Waals surface area contributed by atoms with E-state index in [9.17, 15) is 5.11 Å². The van der Waals surface area contributed by atoms with Crippen LogP contribution >= 0.6 is 0 Å². The first kappa shape index (κ1) is 16.1. The summed E-state index contributed by atoms with van der Waals surface area (Å²) >= 11 is 0. The molecule has 0 unspecified atom stereocenters. The molecule has 0 radical (unpaired) electrons. The Morgan fingerprint density at radius 2 is 1.96 bits per heavy atom. The lowest BCUT2D eigenvalue weighted by Gasteiger charge is -2.40. The minimum absolute atomic E-state index is 0.0159. The Bertz CT molecular complexity index is 664. The number of nitrogens with zero attached hydrogens (tertiary/aromatic N) is 3. The largest absolute Gasteiger partial charge is 0.385 e. The molecule has 1 saturated heterocycles. The van der Waals surface area contributed by atoms with Crippen molar-refractivity contribution in [3.05, 3.63) is 47.3 Å². The molecule has 5 nitrogen and oxygen atoms in total. The molecule has 1 aliphatic heterocycles. The SMILES string of the molecule is CC(C)c1ccc([C@@]2(O)C[C@@H](c3cn(C)nn3)N[C@@H](C)C2)cc1. The summed E-state index contributed by atoms with van der Waals surface area (Å²) in [5.41, 5.74) is 2.34. The maximum Gasteiger partial charge on any atom is 0.0997 e. The van der Waals surface area contributed by atoms with Crippen LogP contribution in [-0.4, -0.2) is 26.1 Å². The van der Waals surface area contributed by atoms with E-state index in [1.54, 1.807) is 4.68 Å². The summed E-state index contributed by atoms with van der Waals surface area (Å²) in [6.07, 6.45) is 3.22. The van der Waals surface area contributed by atoms with E-state index in [1.807, 2.05) is 13.2 Å². The van der Waals surface area contributed by atoms with E-state index in [4.69, 9.17) is 0 Å². The maximum atomic E-state index is 11.3. The molecule has 1 fully saturated rings. The second-order valence-electron chi connectivity index (χ2n) is 7.15. The van der Waals surface area contributed by atoms with E-state index in [0.29, 0.717) is 18.8 Å². The Labute approximate surface area is 137 Å². The summed E-state index contributed by atoms with van der Waals surface area (Å²) < 4.78 is 1.70. The zero-order valence-electron chi connectivity index (χ0n) is 14.3. The van der Waals surface area contributed by atoms with Crippen LogP contribution in [0.5, 0.6) is 0 Å². The highest BCUT2D eigenvalue weighted by Crippen LogP contribution is 2.39. The Kier molecular flexibility index (Phi) is 4.25. The fraction of sp³-hybridized carbons (Fsp3) is 0.556. The van der Waals surface area contributed by atoms with Crippen LogP contribution in [0.25, 0.3) is 0 Å². The summed E-state index contributed by atoms with van der Waals surface area (Å²) in [5.74, 6) is 0.498. The summed E-state index contributed by atoms with van der Waals surface area (Å²) in [6.45, 7) is 6.47. The molecule has 0 saturated carbocycles. The number of aromatic nitrogens is 3. The van der Waals surface area contributed by atoms with Crippen LogP contribution in [0.15, 0.2) is 30.5 Å². The number of aliphatic hydroxyl groups is 1. The third-order valence-corrected chi connectivity index (χ3v) is 4.76. The predicted octanol–water partition coefficient (Wildman–Crippen LogP) is 2.64. The number of nitrogens with one attached hydrogen (secondary N) is 1. The molecule has 3 atom stereocenters. The fourth-order valence-electron chi connectivity index (χ4n) is 3.52. The molecule has 1 aromatic heterocycles. The third kappa shape index (κ3) is 3.31. The zero-order chi connectivity index (χ0) is 16.6. The molecule has 0 aliphatic carbocycles. The van der Waals surface area contributed by atoms with Gasteiger partial charge in [-0.25, -0.2) is 0 Å². The van der Waals surface area contributed by atoms with Crippen LogP contribution in [-0.2, 0) is 12.6 Å². The standard InChI is InChI=1S/C18H26N4O/c1-12(2)14-5-7-15(8-6-14)18(23)9-13(3)19-16(10-18)17-11-22(4)21-20-17/h5-8,11-13,16,19,23H,9-10H2,1-4H3/t13-,16-,18-/m0/s1. The van der Waals surface area contributed by atoms with Gasteiger partial charge in [0, 0.05) is 25.7 Å². The van der Waals surface area contributed by atoms with E-state index < -0.39 is 5.60 Å². The molecular formula is C18H26N4O. The van der Waals surface area contributed by atoms with Crippen molar-refractivity contribution in [2.75, 3.05) is 0 Å². The summed E-state index contributed by atoms with van der Waals surface area (Å²) in [5, 5.41) is 23.0. The first-order valence-electron chi connectivity index (χ1n) is 8.32. The lowest BCUT2D eigenvalue weighted by Crippen LogP contribution is -2.47. The van der Waals surface area contributed by atoms with Gasteiger partial charge in [-0.3, -0.25) is 4.68 Å². The van der Waals surface area contributed by atoms with Gasteiger partial charge in [0.1, 0.15) is 0 Å². The highest BCUT2D eigenvalue weighted by atomic mass is 16.3. The Balaban J connectivity index is 1.87. The molecule has 3 rings (SSSR count). The molecule has 5 heteroatoms. The zero-order valence-corrected chi connectivity index (χ0v) is 14.3. The molecular weight excluding hydrogens is 288 g/mol.